The van der Waals surface area contributed by atoms with Gasteiger partial charge >= 0.3 is 0 Å². The summed E-state index contributed by atoms with van der Waals surface area (Å²) in [5.74, 6) is -0.411. The molecule has 0 unspecified atom stereocenters. The van der Waals surface area contributed by atoms with Crippen LogP contribution in [0, 0.1) is 0 Å². The van der Waals surface area contributed by atoms with Crippen molar-refractivity contribution in [1.82, 2.24) is 0 Å². The number of rotatable bonds is 2. The Hall–Kier alpha value is -2.88. The zero-order valence-corrected chi connectivity index (χ0v) is 10.4. The topological polar surface area (TPSA) is 74.6 Å². The molecule has 0 amide bonds. The number of carbonyl (C=O) groups is 2. The second-order valence-corrected chi connectivity index (χ2v) is 4.56. The summed E-state index contributed by atoms with van der Waals surface area (Å²) in [6, 6.07) is 5.76. The molecule has 1 aliphatic carbocycles. The van der Waals surface area contributed by atoms with Crippen LogP contribution in [0.5, 0.6) is 11.5 Å². The van der Waals surface area contributed by atoms with Crippen molar-refractivity contribution in [2.75, 3.05) is 0 Å². The zero-order valence-electron chi connectivity index (χ0n) is 10.4. The maximum Gasteiger partial charge on any atom is 0.194 e. The molecule has 98 valence electrons. The normalized spacial score (nSPS) is 11.9. The molecule has 3 rings (SSSR count). The highest BCUT2D eigenvalue weighted by molar-refractivity contribution is 6.22. The summed E-state index contributed by atoms with van der Waals surface area (Å²) in [6.45, 7) is 3.58. The Morgan fingerprint density at radius 3 is 1.85 bits per heavy atom. The van der Waals surface area contributed by atoms with E-state index in [2.05, 4.69) is 6.58 Å². The van der Waals surface area contributed by atoms with Crippen molar-refractivity contribution in [3.63, 3.8) is 0 Å². The molecule has 0 aliphatic heterocycles. The number of fused-ring (bicyclic) bond motifs is 3. The van der Waals surface area contributed by atoms with Gasteiger partial charge in [-0.05, 0) is 35.4 Å². The minimum absolute atomic E-state index is 0.0124. The Labute approximate surface area is 114 Å². The van der Waals surface area contributed by atoms with Gasteiger partial charge in [0, 0.05) is 16.7 Å². The summed E-state index contributed by atoms with van der Waals surface area (Å²) in [7, 11) is 0. The van der Waals surface area contributed by atoms with Crippen molar-refractivity contribution in [2.24, 2.45) is 0 Å². The number of benzene rings is 2. The highest BCUT2D eigenvalue weighted by Crippen LogP contribution is 2.42. The van der Waals surface area contributed by atoms with Crippen LogP contribution in [0.2, 0.25) is 0 Å². The molecule has 0 aromatic heterocycles. The van der Waals surface area contributed by atoms with Gasteiger partial charge < -0.3 is 10.2 Å². The van der Waals surface area contributed by atoms with Gasteiger partial charge in [-0.1, -0.05) is 12.7 Å². The van der Waals surface area contributed by atoms with E-state index in [4.69, 9.17) is 0 Å². The van der Waals surface area contributed by atoms with Crippen LogP contribution in [0.4, 0.5) is 0 Å². The maximum atomic E-state index is 12.3. The molecule has 0 atom stereocenters. The predicted octanol–water partition coefficient (Wildman–Crippen LogP) is 2.76. The van der Waals surface area contributed by atoms with Crippen molar-refractivity contribution < 1.29 is 19.8 Å². The number of aldehydes is 1. The molecular weight excluding hydrogens is 256 g/mol. The average Bonchev–Trinajstić information content (AvgIpc) is 2.69. The highest BCUT2D eigenvalue weighted by atomic mass is 16.3. The molecule has 2 aromatic rings. The third-order valence-corrected chi connectivity index (χ3v) is 3.46. The molecule has 0 bridgehead atoms. The molecule has 0 saturated carbocycles. The SMILES string of the molecule is C=Cc1cc2c(cc1O)-c1cc(O)c(C=O)cc1C2=O. The van der Waals surface area contributed by atoms with Gasteiger partial charge in [-0.3, -0.25) is 9.59 Å². The van der Waals surface area contributed by atoms with Gasteiger partial charge in [0.15, 0.2) is 12.1 Å². The van der Waals surface area contributed by atoms with E-state index < -0.39 is 0 Å². The number of hydrogen-bond donors (Lipinski definition) is 2. The standard InChI is InChI=1S/C16H10O4/c1-2-8-3-12-10(5-14(8)18)11-6-15(19)9(7-17)4-13(11)16(12)20/h2-7,18-19H,1H2. The van der Waals surface area contributed by atoms with E-state index in [1.54, 1.807) is 6.07 Å². The van der Waals surface area contributed by atoms with Crippen molar-refractivity contribution in [1.29, 1.82) is 0 Å². The second kappa shape index (κ2) is 4.06. The van der Waals surface area contributed by atoms with E-state index in [9.17, 15) is 19.8 Å². The van der Waals surface area contributed by atoms with Crippen molar-refractivity contribution >= 4 is 18.1 Å². The van der Waals surface area contributed by atoms with E-state index in [0.29, 0.717) is 34.1 Å². The minimum Gasteiger partial charge on any atom is -0.507 e. The smallest absolute Gasteiger partial charge is 0.194 e. The quantitative estimate of drug-likeness (QED) is 0.699. The average molecular weight is 266 g/mol. The molecule has 20 heavy (non-hydrogen) atoms. The Morgan fingerprint density at radius 1 is 0.850 bits per heavy atom. The lowest BCUT2D eigenvalue weighted by atomic mass is 10.0. The summed E-state index contributed by atoms with van der Waals surface area (Å²) in [5.41, 5.74) is 2.36. The van der Waals surface area contributed by atoms with Crippen LogP contribution in [0.1, 0.15) is 31.8 Å². The molecule has 0 radical (unpaired) electrons. The van der Waals surface area contributed by atoms with E-state index in [1.165, 1.54) is 24.3 Å². The Morgan fingerprint density at radius 2 is 1.35 bits per heavy atom. The first-order valence-electron chi connectivity index (χ1n) is 5.93. The van der Waals surface area contributed by atoms with Gasteiger partial charge in [0.2, 0.25) is 0 Å². The van der Waals surface area contributed by atoms with E-state index in [-0.39, 0.29) is 22.8 Å². The summed E-state index contributed by atoms with van der Waals surface area (Å²) >= 11 is 0. The van der Waals surface area contributed by atoms with Crippen LogP contribution < -0.4 is 0 Å². The molecule has 0 spiro atoms. The van der Waals surface area contributed by atoms with Gasteiger partial charge in [-0.2, -0.15) is 0 Å². The van der Waals surface area contributed by atoms with Gasteiger partial charge in [0.1, 0.15) is 11.5 Å². The Balaban J connectivity index is 2.33. The van der Waals surface area contributed by atoms with Crippen LogP contribution in [-0.2, 0) is 0 Å². The van der Waals surface area contributed by atoms with Crippen LogP contribution in [0.15, 0.2) is 30.8 Å². The second-order valence-electron chi connectivity index (χ2n) is 4.56. The number of ketones is 1. The van der Waals surface area contributed by atoms with Gasteiger partial charge in [-0.15, -0.1) is 0 Å². The summed E-state index contributed by atoms with van der Waals surface area (Å²) < 4.78 is 0. The fourth-order valence-electron chi connectivity index (χ4n) is 2.43. The van der Waals surface area contributed by atoms with Gasteiger partial charge in [-0.25, -0.2) is 0 Å². The number of phenols is 2. The van der Waals surface area contributed by atoms with Crippen molar-refractivity contribution in [3.8, 4) is 22.6 Å². The lowest BCUT2D eigenvalue weighted by Gasteiger charge is -2.05. The third kappa shape index (κ3) is 1.48. The van der Waals surface area contributed by atoms with E-state index in [0.717, 1.165) is 0 Å². The van der Waals surface area contributed by atoms with E-state index in [1.807, 2.05) is 0 Å². The monoisotopic (exact) mass is 266 g/mol. The fraction of sp³-hybridized carbons (Fsp3) is 0. The van der Waals surface area contributed by atoms with Crippen LogP contribution in [0.25, 0.3) is 17.2 Å². The number of carbonyl (C=O) groups excluding carboxylic acids is 2. The molecule has 0 fully saturated rings. The summed E-state index contributed by atoms with van der Waals surface area (Å²) in [4.78, 5) is 23.2. The molecule has 2 N–H and O–H groups in total. The molecule has 1 aliphatic rings. The molecule has 0 heterocycles. The number of phenolic OH excluding ortho intramolecular Hbond substituents is 2. The molecule has 2 aromatic carbocycles. The van der Waals surface area contributed by atoms with E-state index >= 15 is 0 Å². The fourth-order valence-corrected chi connectivity index (χ4v) is 2.43. The minimum atomic E-state index is -0.235. The molecule has 4 nitrogen and oxygen atoms in total. The first kappa shape index (κ1) is 12.2. The predicted molar refractivity (Wildman–Crippen MR) is 74.1 cm³/mol. The van der Waals surface area contributed by atoms with Crippen molar-refractivity contribution in [2.45, 2.75) is 0 Å². The zero-order chi connectivity index (χ0) is 14.4. The van der Waals surface area contributed by atoms with Gasteiger partial charge in [0.25, 0.3) is 0 Å². The third-order valence-electron chi connectivity index (χ3n) is 3.46. The van der Waals surface area contributed by atoms with Gasteiger partial charge in [0.05, 0.1) is 5.56 Å². The first-order valence-corrected chi connectivity index (χ1v) is 5.93. The number of hydrogen-bond acceptors (Lipinski definition) is 4. The molecular formula is C16H10O4. The largest absolute Gasteiger partial charge is 0.507 e. The molecule has 4 heteroatoms. The lowest BCUT2D eigenvalue weighted by Crippen LogP contribution is -1.96. The van der Waals surface area contributed by atoms with Crippen LogP contribution in [0.3, 0.4) is 0 Å². The summed E-state index contributed by atoms with van der Waals surface area (Å²) in [6.07, 6.45) is 1.96. The Bertz CT molecular complexity index is 722. The Kier molecular flexibility index (Phi) is 2.47. The van der Waals surface area contributed by atoms with Crippen LogP contribution >= 0.6 is 0 Å². The summed E-state index contributed by atoms with van der Waals surface area (Å²) in [5, 5.41) is 19.6. The van der Waals surface area contributed by atoms with Crippen molar-refractivity contribution in [3.05, 3.63) is 53.1 Å². The highest BCUT2D eigenvalue weighted by Gasteiger charge is 2.29. The van der Waals surface area contributed by atoms with Crippen LogP contribution in [-0.4, -0.2) is 22.3 Å². The lowest BCUT2D eigenvalue weighted by molar-refractivity contribution is 0.104. The molecule has 0 saturated heterocycles. The maximum absolute atomic E-state index is 12.3. The number of aromatic hydroxyl groups is 2. The first-order chi connectivity index (χ1) is 9.56.